The molecular formula is C15H14ClF3N4S. The molecule has 24 heavy (non-hydrogen) atoms. The molecule has 0 radical (unpaired) electrons. The molecule has 0 amide bonds. The number of halogens is 4. The minimum Gasteiger partial charge on any atom is -0.404 e. The molecule has 9 heteroatoms. The molecule has 128 valence electrons. The van der Waals surface area contributed by atoms with Crippen molar-refractivity contribution in [3.05, 3.63) is 59.3 Å². The van der Waals surface area contributed by atoms with Crippen LogP contribution in [-0.2, 0) is 0 Å². The fourth-order valence-corrected chi connectivity index (χ4v) is 3.02. The monoisotopic (exact) mass is 374 g/mol. The van der Waals surface area contributed by atoms with Crippen LogP contribution in [0.3, 0.4) is 0 Å². The summed E-state index contributed by atoms with van der Waals surface area (Å²) < 4.78 is 41.6. The number of benzene rings is 1. The van der Waals surface area contributed by atoms with E-state index >= 15 is 0 Å². The molecule has 1 aromatic heterocycles. The van der Waals surface area contributed by atoms with E-state index in [0.717, 1.165) is 16.3 Å². The Bertz CT molecular complexity index is 689. The zero-order valence-corrected chi connectivity index (χ0v) is 14.1. The zero-order chi connectivity index (χ0) is 17.7. The van der Waals surface area contributed by atoms with Gasteiger partial charge in [-0.15, -0.1) is 0 Å². The smallest absolute Gasteiger partial charge is 0.404 e. The standard InChI is InChI=1S/C15H14ClF3N4S/c1-23(24-12-8-21-13(6-7-20)22-9-12)14(15(17,18)19)10-2-4-11(16)5-3-10/h2-9,14H,20H2,1H3/b7-6-. The molecule has 0 fully saturated rings. The van der Waals surface area contributed by atoms with Crippen molar-refractivity contribution in [2.45, 2.75) is 17.1 Å². The normalized spacial score (nSPS) is 13.6. The van der Waals surface area contributed by atoms with E-state index < -0.39 is 12.2 Å². The average Bonchev–Trinajstić information content (AvgIpc) is 2.50. The lowest BCUT2D eigenvalue weighted by Gasteiger charge is -2.29. The van der Waals surface area contributed by atoms with E-state index in [-0.39, 0.29) is 5.56 Å². The Hall–Kier alpha value is -1.77. The molecule has 0 aliphatic carbocycles. The number of hydrogen-bond donors (Lipinski definition) is 1. The quantitative estimate of drug-likeness (QED) is 0.791. The lowest BCUT2D eigenvalue weighted by Crippen LogP contribution is -2.31. The van der Waals surface area contributed by atoms with Gasteiger partial charge in [0.15, 0.2) is 5.82 Å². The average molecular weight is 375 g/mol. The Balaban J connectivity index is 2.21. The van der Waals surface area contributed by atoms with Crippen LogP contribution in [0.15, 0.2) is 47.8 Å². The van der Waals surface area contributed by atoms with Gasteiger partial charge in [0.1, 0.15) is 6.04 Å². The van der Waals surface area contributed by atoms with Gasteiger partial charge in [-0.1, -0.05) is 23.7 Å². The van der Waals surface area contributed by atoms with E-state index in [1.54, 1.807) is 0 Å². The number of nitrogens with zero attached hydrogens (tertiary/aromatic N) is 3. The predicted molar refractivity (Wildman–Crippen MR) is 89.1 cm³/mol. The van der Waals surface area contributed by atoms with Gasteiger partial charge >= 0.3 is 6.18 Å². The molecule has 0 aliphatic heterocycles. The first-order valence-electron chi connectivity index (χ1n) is 6.74. The third-order valence-electron chi connectivity index (χ3n) is 3.00. The summed E-state index contributed by atoms with van der Waals surface area (Å²) in [5.74, 6) is 0.384. The van der Waals surface area contributed by atoms with Crippen molar-refractivity contribution in [3.63, 3.8) is 0 Å². The Kier molecular flexibility index (Phi) is 6.09. The highest BCUT2D eigenvalue weighted by atomic mass is 35.5. The largest absolute Gasteiger partial charge is 0.408 e. The maximum Gasteiger partial charge on any atom is 0.408 e. The number of aromatic nitrogens is 2. The third-order valence-corrected chi connectivity index (χ3v) is 4.17. The fraction of sp³-hybridized carbons (Fsp3) is 0.200. The number of nitrogens with two attached hydrogens (primary N) is 1. The van der Waals surface area contributed by atoms with Crippen LogP contribution < -0.4 is 5.73 Å². The van der Waals surface area contributed by atoms with Crippen LogP contribution in [0.2, 0.25) is 5.02 Å². The highest BCUT2D eigenvalue weighted by Gasteiger charge is 2.44. The van der Waals surface area contributed by atoms with Crippen LogP contribution in [0.25, 0.3) is 6.08 Å². The van der Waals surface area contributed by atoms with Crippen molar-refractivity contribution < 1.29 is 13.2 Å². The predicted octanol–water partition coefficient (Wildman–Crippen LogP) is 4.30. The first-order chi connectivity index (χ1) is 11.3. The Morgan fingerprint density at radius 1 is 1.21 bits per heavy atom. The summed E-state index contributed by atoms with van der Waals surface area (Å²) in [7, 11) is 1.37. The molecule has 1 atom stereocenters. The minimum absolute atomic E-state index is 0.102. The molecule has 2 aromatic rings. The zero-order valence-electron chi connectivity index (χ0n) is 12.5. The molecular weight excluding hydrogens is 361 g/mol. The highest BCUT2D eigenvalue weighted by Crippen LogP contribution is 2.41. The van der Waals surface area contributed by atoms with Gasteiger partial charge in [0, 0.05) is 17.4 Å². The van der Waals surface area contributed by atoms with Crippen LogP contribution in [-0.4, -0.2) is 27.5 Å². The molecule has 0 bridgehead atoms. The van der Waals surface area contributed by atoms with E-state index in [0.29, 0.717) is 15.7 Å². The topological polar surface area (TPSA) is 55.0 Å². The fourth-order valence-electron chi connectivity index (χ4n) is 2.01. The van der Waals surface area contributed by atoms with Crippen LogP contribution >= 0.6 is 23.5 Å². The van der Waals surface area contributed by atoms with E-state index in [9.17, 15) is 13.2 Å². The van der Waals surface area contributed by atoms with E-state index in [1.165, 1.54) is 56.0 Å². The number of rotatable bonds is 5. The molecule has 0 aliphatic rings. The van der Waals surface area contributed by atoms with Gasteiger partial charge in [0.2, 0.25) is 0 Å². The lowest BCUT2D eigenvalue weighted by molar-refractivity contribution is -0.169. The van der Waals surface area contributed by atoms with Crippen molar-refractivity contribution in [2.75, 3.05) is 7.05 Å². The summed E-state index contributed by atoms with van der Waals surface area (Å²) in [5.41, 5.74) is 5.34. The summed E-state index contributed by atoms with van der Waals surface area (Å²) in [6.07, 6.45) is 1.22. The number of hydrogen-bond acceptors (Lipinski definition) is 5. The summed E-state index contributed by atoms with van der Waals surface area (Å²) in [5, 5.41) is 0.381. The molecule has 0 saturated carbocycles. The van der Waals surface area contributed by atoms with Gasteiger partial charge in [-0.05, 0) is 49.0 Å². The molecule has 1 aromatic carbocycles. The first-order valence-corrected chi connectivity index (χ1v) is 7.89. The second-order valence-corrected chi connectivity index (χ2v) is 6.44. The van der Waals surface area contributed by atoms with Gasteiger partial charge in [-0.3, -0.25) is 0 Å². The first kappa shape index (κ1) is 18.6. The lowest BCUT2D eigenvalue weighted by atomic mass is 10.1. The molecule has 0 spiro atoms. The Morgan fingerprint density at radius 3 is 2.29 bits per heavy atom. The molecule has 1 unspecified atom stereocenters. The maximum atomic E-state index is 13.5. The second kappa shape index (κ2) is 7.87. The highest BCUT2D eigenvalue weighted by molar-refractivity contribution is 7.97. The van der Waals surface area contributed by atoms with Crippen molar-refractivity contribution >= 4 is 29.6 Å². The van der Waals surface area contributed by atoms with E-state index in [1.807, 2.05) is 0 Å². The van der Waals surface area contributed by atoms with Gasteiger partial charge in [0.05, 0.1) is 4.90 Å². The van der Waals surface area contributed by atoms with E-state index in [2.05, 4.69) is 9.97 Å². The van der Waals surface area contributed by atoms with Crippen LogP contribution in [0.5, 0.6) is 0 Å². The van der Waals surface area contributed by atoms with Crippen molar-refractivity contribution in [2.24, 2.45) is 5.73 Å². The summed E-state index contributed by atoms with van der Waals surface area (Å²) >= 11 is 6.65. The van der Waals surface area contributed by atoms with Crippen molar-refractivity contribution in [1.82, 2.24) is 14.3 Å². The van der Waals surface area contributed by atoms with Crippen LogP contribution in [0.4, 0.5) is 13.2 Å². The van der Waals surface area contributed by atoms with Crippen LogP contribution in [0, 0.1) is 0 Å². The molecule has 2 N–H and O–H groups in total. The third kappa shape index (κ3) is 4.86. The van der Waals surface area contributed by atoms with E-state index in [4.69, 9.17) is 17.3 Å². The molecule has 1 heterocycles. The number of alkyl halides is 3. The van der Waals surface area contributed by atoms with Crippen molar-refractivity contribution in [3.8, 4) is 0 Å². The Labute approximate surface area is 146 Å². The molecule has 4 nitrogen and oxygen atoms in total. The summed E-state index contributed by atoms with van der Waals surface area (Å²) in [4.78, 5) is 8.49. The van der Waals surface area contributed by atoms with Gasteiger partial charge in [0.25, 0.3) is 0 Å². The maximum absolute atomic E-state index is 13.5. The van der Waals surface area contributed by atoms with Gasteiger partial charge < -0.3 is 5.73 Å². The van der Waals surface area contributed by atoms with Gasteiger partial charge in [-0.2, -0.15) is 13.2 Å². The SMILES string of the molecule is CN(Sc1cnc(/C=C\N)nc1)C(c1ccc(Cl)cc1)C(F)(F)F. The second-order valence-electron chi connectivity index (χ2n) is 4.77. The van der Waals surface area contributed by atoms with Gasteiger partial charge in [-0.25, -0.2) is 14.3 Å². The summed E-state index contributed by atoms with van der Waals surface area (Å²) in [6.45, 7) is 0. The minimum atomic E-state index is -4.45. The van der Waals surface area contributed by atoms with Crippen molar-refractivity contribution in [1.29, 1.82) is 0 Å². The Morgan fingerprint density at radius 2 is 1.79 bits per heavy atom. The molecule has 0 saturated heterocycles. The van der Waals surface area contributed by atoms with Crippen LogP contribution in [0.1, 0.15) is 17.4 Å². The molecule has 2 rings (SSSR count). The summed E-state index contributed by atoms with van der Waals surface area (Å²) in [6, 6.07) is 3.81.